The van der Waals surface area contributed by atoms with Gasteiger partial charge in [0.1, 0.15) is 5.84 Å². The molecule has 0 N–H and O–H groups in total. The standard InChI is InChI=1S/C9H16N2O/c1-4-10-8(2)11-6-5-9(7-11)12-3/h4,9H,1,5-7H2,2-3H3/t9-/m1/s1. The third-order valence-electron chi connectivity index (χ3n) is 2.21. The van der Waals surface area contributed by atoms with Crippen LogP contribution in [-0.4, -0.2) is 37.0 Å². The van der Waals surface area contributed by atoms with Crippen molar-refractivity contribution in [3.63, 3.8) is 0 Å². The Labute approximate surface area is 73.7 Å². The van der Waals surface area contributed by atoms with Crippen LogP contribution in [0.1, 0.15) is 13.3 Å². The first kappa shape index (κ1) is 9.26. The number of amidine groups is 1. The van der Waals surface area contributed by atoms with Crippen LogP contribution >= 0.6 is 0 Å². The highest BCUT2D eigenvalue weighted by molar-refractivity contribution is 5.80. The van der Waals surface area contributed by atoms with Gasteiger partial charge in [-0.1, -0.05) is 6.58 Å². The Hall–Kier alpha value is -0.830. The molecule has 12 heavy (non-hydrogen) atoms. The maximum absolute atomic E-state index is 5.25. The Balaban J connectivity index is 2.46. The lowest BCUT2D eigenvalue weighted by molar-refractivity contribution is 0.114. The molecule has 1 atom stereocenters. The zero-order valence-electron chi connectivity index (χ0n) is 7.79. The van der Waals surface area contributed by atoms with E-state index >= 15 is 0 Å². The van der Waals surface area contributed by atoms with E-state index in [0.29, 0.717) is 6.10 Å². The van der Waals surface area contributed by atoms with Crippen LogP contribution in [0, 0.1) is 0 Å². The molecule has 1 aliphatic heterocycles. The largest absolute Gasteiger partial charge is 0.380 e. The second-order valence-electron chi connectivity index (χ2n) is 2.95. The first-order chi connectivity index (χ1) is 5.77. The van der Waals surface area contributed by atoms with Gasteiger partial charge in [0.05, 0.1) is 6.10 Å². The topological polar surface area (TPSA) is 24.8 Å². The molecule has 0 radical (unpaired) electrons. The highest BCUT2D eigenvalue weighted by Crippen LogP contribution is 2.12. The first-order valence-corrected chi connectivity index (χ1v) is 4.21. The summed E-state index contributed by atoms with van der Waals surface area (Å²) >= 11 is 0. The molecular formula is C9H16N2O. The average Bonchev–Trinajstić information content (AvgIpc) is 2.52. The third kappa shape index (κ3) is 2.08. The van der Waals surface area contributed by atoms with E-state index in [1.54, 1.807) is 13.3 Å². The van der Waals surface area contributed by atoms with Crippen molar-refractivity contribution in [2.45, 2.75) is 19.4 Å². The minimum Gasteiger partial charge on any atom is -0.380 e. The molecule has 1 aliphatic rings. The van der Waals surface area contributed by atoms with Gasteiger partial charge in [0, 0.05) is 26.4 Å². The van der Waals surface area contributed by atoms with Crippen LogP contribution in [0.4, 0.5) is 0 Å². The molecule has 0 saturated carbocycles. The van der Waals surface area contributed by atoms with Crippen LogP contribution in [-0.2, 0) is 4.74 Å². The smallest absolute Gasteiger partial charge is 0.101 e. The summed E-state index contributed by atoms with van der Waals surface area (Å²) in [6, 6.07) is 0. The van der Waals surface area contributed by atoms with Gasteiger partial charge in [-0.25, -0.2) is 4.99 Å². The minimum absolute atomic E-state index is 0.375. The lowest BCUT2D eigenvalue weighted by atomic mass is 10.3. The molecule has 3 heteroatoms. The van der Waals surface area contributed by atoms with Gasteiger partial charge in [0.15, 0.2) is 0 Å². The Morgan fingerprint density at radius 3 is 3.00 bits per heavy atom. The van der Waals surface area contributed by atoms with E-state index in [4.69, 9.17) is 4.74 Å². The summed E-state index contributed by atoms with van der Waals surface area (Å²) in [7, 11) is 1.76. The second-order valence-corrected chi connectivity index (χ2v) is 2.95. The number of likely N-dealkylation sites (tertiary alicyclic amines) is 1. The van der Waals surface area contributed by atoms with Gasteiger partial charge in [-0.2, -0.15) is 0 Å². The number of rotatable bonds is 2. The SMILES string of the molecule is C=CN=C(C)N1CC[C@@H](OC)C1. The molecule has 68 valence electrons. The molecular weight excluding hydrogens is 152 g/mol. The maximum atomic E-state index is 5.25. The fraction of sp³-hybridized carbons (Fsp3) is 0.667. The first-order valence-electron chi connectivity index (χ1n) is 4.21. The Morgan fingerprint density at radius 1 is 1.75 bits per heavy atom. The monoisotopic (exact) mass is 168 g/mol. The van der Waals surface area contributed by atoms with Crippen LogP contribution < -0.4 is 0 Å². The van der Waals surface area contributed by atoms with Crippen molar-refractivity contribution < 1.29 is 4.74 Å². The summed E-state index contributed by atoms with van der Waals surface area (Å²) < 4.78 is 5.25. The predicted molar refractivity (Wildman–Crippen MR) is 50.3 cm³/mol. The molecule has 0 unspecified atom stereocenters. The zero-order chi connectivity index (χ0) is 8.97. The van der Waals surface area contributed by atoms with Crippen molar-refractivity contribution in [1.29, 1.82) is 0 Å². The maximum Gasteiger partial charge on any atom is 0.101 e. The van der Waals surface area contributed by atoms with E-state index in [9.17, 15) is 0 Å². The van der Waals surface area contributed by atoms with E-state index in [1.165, 1.54) is 0 Å². The zero-order valence-corrected chi connectivity index (χ0v) is 7.79. The third-order valence-corrected chi connectivity index (χ3v) is 2.21. The normalized spacial score (nSPS) is 24.7. The fourth-order valence-electron chi connectivity index (χ4n) is 1.43. The summed E-state index contributed by atoms with van der Waals surface area (Å²) in [5.41, 5.74) is 0. The summed E-state index contributed by atoms with van der Waals surface area (Å²) in [5, 5.41) is 0. The highest BCUT2D eigenvalue weighted by Gasteiger charge is 2.22. The number of methoxy groups -OCH3 is 1. The molecule has 0 aromatic rings. The summed E-state index contributed by atoms with van der Waals surface area (Å²) in [4.78, 5) is 6.34. The minimum atomic E-state index is 0.375. The number of nitrogens with zero attached hydrogens (tertiary/aromatic N) is 2. The van der Waals surface area contributed by atoms with Crippen LogP contribution in [0.3, 0.4) is 0 Å². The van der Waals surface area contributed by atoms with Crippen LogP contribution in [0.5, 0.6) is 0 Å². The van der Waals surface area contributed by atoms with Gasteiger partial charge in [-0.3, -0.25) is 0 Å². The quantitative estimate of drug-likeness (QED) is 0.458. The average molecular weight is 168 g/mol. The van der Waals surface area contributed by atoms with Crippen molar-refractivity contribution in [3.05, 3.63) is 12.8 Å². The molecule has 1 rings (SSSR count). The summed E-state index contributed by atoms with van der Waals surface area (Å²) in [6.45, 7) is 7.57. The summed E-state index contributed by atoms with van der Waals surface area (Å²) in [5.74, 6) is 1.03. The molecule has 0 aromatic carbocycles. The van der Waals surface area contributed by atoms with E-state index in [-0.39, 0.29) is 0 Å². The molecule has 0 amide bonds. The van der Waals surface area contributed by atoms with E-state index in [2.05, 4.69) is 16.5 Å². The molecule has 0 spiro atoms. The number of hydrogen-bond acceptors (Lipinski definition) is 2. The lowest BCUT2D eigenvalue weighted by Gasteiger charge is -2.16. The Bertz CT molecular complexity index is 189. The van der Waals surface area contributed by atoms with Crippen molar-refractivity contribution in [2.75, 3.05) is 20.2 Å². The van der Waals surface area contributed by atoms with E-state index < -0.39 is 0 Å². The van der Waals surface area contributed by atoms with Gasteiger partial charge in [-0.05, 0) is 13.3 Å². The van der Waals surface area contributed by atoms with E-state index in [1.807, 2.05) is 6.92 Å². The van der Waals surface area contributed by atoms with Gasteiger partial charge >= 0.3 is 0 Å². The van der Waals surface area contributed by atoms with Crippen LogP contribution in [0.15, 0.2) is 17.8 Å². The molecule has 0 bridgehead atoms. The Kier molecular flexibility index (Phi) is 3.29. The Morgan fingerprint density at radius 2 is 2.50 bits per heavy atom. The summed E-state index contributed by atoms with van der Waals surface area (Å²) in [6.07, 6.45) is 3.05. The number of ether oxygens (including phenoxy) is 1. The molecule has 3 nitrogen and oxygen atoms in total. The number of aliphatic imine (C=N–C) groups is 1. The van der Waals surface area contributed by atoms with Gasteiger partial charge < -0.3 is 9.64 Å². The second kappa shape index (κ2) is 4.26. The molecule has 1 fully saturated rings. The predicted octanol–water partition coefficient (Wildman–Crippen LogP) is 1.27. The lowest BCUT2D eigenvalue weighted by Crippen LogP contribution is -2.27. The molecule has 0 aromatic heterocycles. The molecule has 0 aliphatic carbocycles. The van der Waals surface area contributed by atoms with Crippen molar-refractivity contribution >= 4 is 5.84 Å². The highest BCUT2D eigenvalue weighted by atomic mass is 16.5. The molecule has 1 saturated heterocycles. The van der Waals surface area contributed by atoms with Gasteiger partial charge in [-0.15, -0.1) is 0 Å². The van der Waals surface area contributed by atoms with E-state index in [0.717, 1.165) is 25.3 Å². The van der Waals surface area contributed by atoms with Crippen LogP contribution in [0.25, 0.3) is 0 Å². The van der Waals surface area contributed by atoms with Gasteiger partial charge in [0.2, 0.25) is 0 Å². The van der Waals surface area contributed by atoms with Gasteiger partial charge in [0.25, 0.3) is 0 Å². The molecule has 1 heterocycles. The van der Waals surface area contributed by atoms with Crippen LogP contribution in [0.2, 0.25) is 0 Å². The van der Waals surface area contributed by atoms with Crippen molar-refractivity contribution in [2.24, 2.45) is 4.99 Å². The van der Waals surface area contributed by atoms with Crippen molar-refractivity contribution in [1.82, 2.24) is 4.90 Å². The van der Waals surface area contributed by atoms with Crippen molar-refractivity contribution in [3.8, 4) is 0 Å². The fourth-order valence-corrected chi connectivity index (χ4v) is 1.43. The number of hydrogen-bond donors (Lipinski definition) is 0.